The van der Waals surface area contributed by atoms with E-state index >= 15 is 0 Å². The lowest BCUT2D eigenvalue weighted by atomic mass is 10.2. The van der Waals surface area contributed by atoms with Crippen molar-refractivity contribution in [3.63, 3.8) is 0 Å². The quantitative estimate of drug-likeness (QED) is 0.632. The maximum absolute atomic E-state index is 11.9. The van der Waals surface area contributed by atoms with Crippen LogP contribution in [0.1, 0.15) is 20.3 Å². The predicted molar refractivity (Wildman–Crippen MR) is 90.6 cm³/mol. The number of nitrogen functional groups attached to an aromatic ring is 1. The van der Waals surface area contributed by atoms with Gasteiger partial charge in [0.15, 0.2) is 11.6 Å². The molecular weight excluding hydrogens is 294 g/mol. The molecule has 0 spiro atoms. The smallest absolute Gasteiger partial charge is 0.272 e. The molecule has 0 saturated heterocycles. The summed E-state index contributed by atoms with van der Waals surface area (Å²) in [6, 6.07) is 7.62. The lowest BCUT2D eigenvalue weighted by Crippen LogP contribution is -2.25. The first-order valence-corrected chi connectivity index (χ1v) is 6.83. The summed E-state index contributed by atoms with van der Waals surface area (Å²) >= 11 is 0. The highest BCUT2D eigenvalue weighted by molar-refractivity contribution is 5.93. The van der Waals surface area contributed by atoms with Gasteiger partial charge < -0.3 is 16.0 Å². The second kappa shape index (κ2) is 5.73. The van der Waals surface area contributed by atoms with Crippen molar-refractivity contribution in [3.05, 3.63) is 35.7 Å². The fraction of sp³-hybridized carbons (Fsp3) is 0.133. The van der Waals surface area contributed by atoms with Crippen LogP contribution in [-0.4, -0.2) is 32.4 Å². The Morgan fingerprint density at radius 2 is 2.30 bits per heavy atom. The molecule has 0 fully saturated rings. The van der Waals surface area contributed by atoms with Crippen molar-refractivity contribution >= 4 is 22.8 Å². The van der Waals surface area contributed by atoms with Gasteiger partial charge in [-0.1, -0.05) is 6.07 Å². The number of H-pyrrole nitrogens is 1. The monoisotopic (exact) mass is 313 g/mol. The molecule has 2 heterocycles. The Morgan fingerprint density at radius 3 is 3.09 bits per heavy atom. The van der Waals surface area contributed by atoms with Gasteiger partial charge in [0.05, 0.1) is 23.3 Å². The SMILES string of the molecule is Cc1ccc2nc(-c3nc(C(=O)NCC#N)cnc3N)[nH]c2c1.[HH].[HH].[HH]. The molecule has 0 aliphatic carbocycles. The molecule has 0 bridgehead atoms. The number of aryl methyl sites for hydroxylation is 1. The third-order valence-corrected chi connectivity index (χ3v) is 3.22. The number of carbonyl (C=O) groups is 1. The Bertz CT molecular complexity index is 952. The molecule has 0 radical (unpaired) electrons. The average molecular weight is 313 g/mol. The molecule has 1 amide bonds. The van der Waals surface area contributed by atoms with Crippen LogP contribution >= 0.6 is 0 Å². The van der Waals surface area contributed by atoms with E-state index in [1.165, 1.54) is 6.20 Å². The number of amides is 1. The van der Waals surface area contributed by atoms with Crippen molar-refractivity contribution in [2.24, 2.45) is 0 Å². The lowest BCUT2D eigenvalue weighted by Gasteiger charge is -2.04. The number of aromatic nitrogens is 4. The van der Waals surface area contributed by atoms with E-state index in [-0.39, 0.29) is 22.3 Å². The van der Waals surface area contributed by atoms with E-state index < -0.39 is 5.91 Å². The van der Waals surface area contributed by atoms with Crippen molar-refractivity contribution in [3.8, 4) is 17.6 Å². The number of fused-ring (bicyclic) bond motifs is 1. The van der Waals surface area contributed by atoms with E-state index in [2.05, 4.69) is 25.3 Å². The Hall–Kier alpha value is -3.47. The van der Waals surface area contributed by atoms with Crippen LogP contribution in [-0.2, 0) is 0 Å². The number of hydrogen-bond donors (Lipinski definition) is 3. The molecule has 1 aromatic carbocycles. The van der Waals surface area contributed by atoms with E-state index in [0.29, 0.717) is 11.5 Å². The summed E-state index contributed by atoms with van der Waals surface area (Å²) < 4.78 is 0. The number of nitrogens with zero attached hydrogens (tertiary/aromatic N) is 4. The van der Waals surface area contributed by atoms with Gasteiger partial charge in [-0.05, 0) is 24.6 Å². The zero-order valence-electron chi connectivity index (χ0n) is 12.3. The summed E-state index contributed by atoms with van der Waals surface area (Å²) in [5.74, 6) is 0.107. The summed E-state index contributed by atoms with van der Waals surface area (Å²) in [4.78, 5) is 27.6. The van der Waals surface area contributed by atoms with E-state index in [9.17, 15) is 4.79 Å². The lowest BCUT2D eigenvalue weighted by molar-refractivity contribution is 0.0953. The van der Waals surface area contributed by atoms with Crippen molar-refractivity contribution in [2.75, 3.05) is 12.3 Å². The standard InChI is InChI=1S/C15H13N7O.3H2/c1-8-2-3-9-10(6-8)22-14(21-9)12-13(17)19-7-11(20-12)15(23)18-5-4-16;;;/h2-3,6-7H,5H2,1H3,(H2,17,19)(H,18,23)(H,21,22);3*1H. The van der Waals surface area contributed by atoms with Crippen LogP contribution in [0.2, 0.25) is 0 Å². The summed E-state index contributed by atoms with van der Waals surface area (Å²) in [7, 11) is 0. The highest BCUT2D eigenvalue weighted by atomic mass is 16.1. The molecule has 0 unspecified atom stereocenters. The molecule has 8 nitrogen and oxygen atoms in total. The number of aromatic amines is 1. The number of benzene rings is 1. The van der Waals surface area contributed by atoms with Gasteiger partial charge in [0.1, 0.15) is 17.9 Å². The van der Waals surface area contributed by atoms with Gasteiger partial charge >= 0.3 is 0 Å². The first-order valence-electron chi connectivity index (χ1n) is 6.83. The van der Waals surface area contributed by atoms with E-state index in [1.807, 2.05) is 31.2 Å². The first kappa shape index (κ1) is 14.5. The molecular formula is C15H19N7O. The summed E-state index contributed by atoms with van der Waals surface area (Å²) in [6.45, 7) is 1.87. The molecule has 0 aliphatic rings. The summed E-state index contributed by atoms with van der Waals surface area (Å²) in [6.07, 6.45) is 1.26. The minimum absolute atomic E-state index is 0. The average Bonchev–Trinajstić information content (AvgIpc) is 2.95. The number of hydrogen-bond acceptors (Lipinski definition) is 6. The van der Waals surface area contributed by atoms with Gasteiger partial charge in [0.2, 0.25) is 0 Å². The second-order valence-corrected chi connectivity index (χ2v) is 4.94. The predicted octanol–water partition coefficient (Wildman–Crippen LogP) is 1.90. The van der Waals surface area contributed by atoms with Crippen molar-refractivity contribution < 1.29 is 9.07 Å². The zero-order chi connectivity index (χ0) is 16.4. The number of nitrogens with one attached hydrogen (secondary N) is 2. The Balaban J connectivity index is 0.00000208. The largest absolute Gasteiger partial charge is 0.382 e. The molecule has 3 rings (SSSR count). The van der Waals surface area contributed by atoms with Crippen LogP contribution in [0.15, 0.2) is 24.4 Å². The van der Waals surface area contributed by atoms with Crippen LogP contribution in [0.5, 0.6) is 0 Å². The minimum Gasteiger partial charge on any atom is -0.382 e. The molecule has 4 N–H and O–H groups in total. The Labute approximate surface area is 135 Å². The van der Waals surface area contributed by atoms with Crippen LogP contribution in [0, 0.1) is 18.3 Å². The molecule has 0 saturated carbocycles. The number of carbonyl (C=O) groups excluding carboxylic acids is 1. The van der Waals surface area contributed by atoms with Crippen LogP contribution < -0.4 is 11.1 Å². The van der Waals surface area contributed by atoms with Gasteiger partial charge in [-0.15, -0.1) is 0 Å². The first-order chi connectivity index (χ1) is 11.1. The van der Waals surface area contributed by atoms with Gasteiger partial charge in [-0.3, -0.25) is 4.79 Å². The number of anilines is 1. The molecule has 8 heteroatoms. The molecule has 2 aromatic heterocycles. The summed E-state index contributed by atoms with van der Waals surface area (Å²) in [5, 5.41) is 10.9. The van der Waals surface area contributed by atoms with Crippen LogP contribution in [0.25, 0.3) is 22.6 Å². The van der Waals surface area contributed by atoms with Crippen molar-refractivity contribution in [1.82, 2.24) is 25.3 Å². The number of rotatable bonds is 3. The van der Waals surface area contributed by atoms with E-state index in [1.54, 1.807) is 0 Å². The van der Waals surface area contributed by atoms with Crippen LogP contribution in [0.3, 0.4) is 0 Å². The van der Waals surface area contributed by atoms with Crippen LogP contribution in [0.4, 0.5) is 5.82 Å². The van der Waals surface area contributed by atoms with Gasteiger partial charge in [-0.25, -0.2) is 15.0 Å². The molecule has 3 aromatic rings. The highest BCUT2D eigenvalue weighted by Gasteiger charge is 2.15. The molecule has 0 aliphatic heterocycles. The number of imidazole rings is 1. The maximum Gasteiger partial charge on any atom is 0.272 e. The third-order valence-electron chi connectivity index (χ3n) is 3.22. The maximum atomic E-state index is 11.9. The molecule has 0 atom stereocenters. The van der Waals surface area contributed by atoms with Gasteiger partial charge in [-0.2, -0.15) is 5.26 Å². The number of nitrogens with two attached hydrogens (primary N) is 1. The Kier molecular flexibility index (Phi) is 3.60. The topological polar surface area (TPSA) is 133 Å². The third kappa shape index (κ3) is 2.80. The minimum atomic E-state index is -0.493. The summed E-state index contributed by atoms with van der Waals surface area (Å²) in [5.41, 5.74) is 8.93. The fourth-order valence-electron chi connectivity index (χ4n) is 2.13. The zero-order valence-corrected chi connectivity index (χ0v) is 12.3. The van der Waals surface area contributed by atoms with E-state index in [0.717, 1.165) is 16.6 Å². The Morgan fingerprint density at radius 1 is 1.48 bits per heavy atom. The normalized spacial score (nSPS) is 10.4. The highest BCUT2D eigenvalue weighted by Crippen LogP contribution is 2.23. The van der Waals surface area contributed by atoms with Crippen molar-refractivity contribution in [2.45, 2.75) is 6.92 Å². The van der Waals surface area contributed by atoms with E-state index in [4.69, 9.17) is 11.0 Å². The number of nitriles is 1. The van der Waals surface area contributed by atoms with Crippen molar-refractivity contribution in [1.29, 1.82) is 5.26 Å². The molecule has 120 valence electrons. The molecule has 23 heavy (non-hydrogen) atoms. The fourth-order valence-corrected chi connectivity index (χ4v) is 2.13. The van der Waals surface area contributed by atoms with Gasteiger partial charge in [0, 0.05) is 4.28 Å². The second-order valence-electron chi connectivity index (χ2n) is 4.94. The van der Waals surface area contributed by atoms with Gasteiger partial charge in [0.25, 0.3) is 5.91 Å².